The largest absolute Gasteiger partial charge is 0.508 e. The van der Waals surface area contributed by atoms with Crippen LogP contribution in [0.3, 0.4) is 0 Å². The van der Waals surface area contributed by atoms with Gasteiger partial charge in [-0.25, -0.2) is 0 Å². The lowest BCUT2D eigenvalue weighted by Gasteiger charge is -2.30. The first-order valence-corrected chi connectivity index (χ1v) is 15.1. The van der Waals surface area contributed by atoms with Crippen LogP contribution >= 0.6 is 0 Å². The molecule has 0 aliphatic carbocycles. The van der Waals surface area contributed by atoms with E-state index in [4.69, 9.17) is 0 Å². The lowest BCUT2D eigenvalue weighted by molar-refractivity contribution is 0.427. The highest BCUT2D eigenvalue weighted by Crippen LogP contribution is 2.44. The van der Waals surface area contributed by atoms with Gasteiger partial charge >= 0.3 is 0 Å². The molecule has 0 heterocycles. The maximum atomic E-state index is 10.8. The van der Waals surface area contributed by atoms with Crippen LogP contribution in [0.15, 0.2) is 54.6 Å². The van der Waals surface area contributed by atoms with Gasteiger partial charge in [0.1, 0.15) is 17.2 Å². The Balaban J connectivity index is 2.18. The topological polar surface area (TPSA) is 60.7 Å². The Morgan fingerprint density at radius 3 is 1.15 bits per heavy atom. The lowest BCUT2D eigenvalue weighted by atomic mass is 9.75. The maximum Gasteiger partial charge on any atom is 0.119 e. The third-order valence-electron chi connectivity index (χ3n) is 9.86. The predicted octanol–water partition coefficient (Wildman–Crippen LogP) is 10.2. The van der Waals surface area contributed by atoms with Gasteiger partial charge in [-0.1, -0.05) is 106 Å². The molecule has 3 aromatic carbocycles. The summed E-state index contributed by atoms with van der Waals surface area (Å²) < 4.78 is 0. The average Bonchev–Trinajstić information content (AvgIpc) is 2.92. The van der Waals surface area contributed by atoms with Gasteiger partial charge in [0.25, 0.3) is 0 Å². The van der Waals surface area contributed by atoms with Crippen LogP contribution in [0.25, 0.3) is 0 Å². The minimum atomic E-state index is -0.155. The van der Waals surface area contributed by atoms with Crippen LogP contribution in [-0.4, -0.2) is 15.3 Å². The molecule has 0 aliphatic heterocycles. The highest BCUT2D eigenvalue weighted by molar-refractivity contribution is 5.48. The van der Waals surface area contributed by atoms with Gasteiger partial charge in [0, 0.05) is 5.92 Å². The second-order valence-electron chi connectivity index (χ2n) is 13.7. The first kappa shape index (κ1) is 31.6. The lowest BCUT2D eigenvalue weighted by Crippen LogP contribution is -2.18. The Morgan fingerprint density at radius 1 is 0.525 bits per heavy atom. The molecule has 0 saturated carbocycles. The fourth-order valence-electron chi connectivity index (χ4n) is 5.55. The van der Waals surface area contributed by atoms with Crippen molar-refractivity contribution < 1.29 is 15.3 Å². The summed E-state index contributed by atoms with van der Waals surface area (Å²) in [4.78, 5) is 0. The van der Waals surface area contributed by atoms with Crippen molar-refractivity contribution in [3.05, 3.63) is 88.0 Å². The summed E-state index contributed by atoms with van der Waals surface area (Å²) in [6.45, 7) is 21.8. The molecule has 3 heteroatoms. The third-order valence-corrected chi connectivity index (χ3v) is 9.86. The van der Waals surface area contributed by atoms with Crippen molar-refractivity contribution in [3.63, 3.8) is 0 Å². The number of rotatable bonds is 11. The van der Waals surface area contributed by atoms with Gasteiger partial charge in [-0.3, -0.25) is 0 Å². The molecular formula is C37H52O3. The number of phenolic OH excluding ortho intramolecular Hbond substituents is 3. The summed E-state index contributed by atoms with van der Waals surface area (Å²) in [7, 11) is 0. The Labute approximate surface area is 243 Å². The molecule has 0 amide bonds. The van der Waals surface area contributed by atoms with Gasteiger partial charge < -0.3 is 15.3 Å². The van der Waals surface area contributed by atoms with Crippen LogP contribution < -0.4 is 0 Å². The number of phenols is 3. The van der Waals surface area contributed by atoms with Crippen LogP contribution in [0, 0.1) is 0 Å². The first-order valence-electron chi connectivity index (χ1n) is 15.1. The zero-order valence-corrected chi connectivity index (χ0v) is 26.5. The summed E-state index contributed by atoms with van der Waals surface area (Å²) in [6, 6.07) is 18.3. The summed E-state index contributed by atoms with van der Waals surface area (Å²) in [5.41, 5.74) is 6.04. The van der Waals surface area contributed by atoms with Gasteiger partial charge in [-0.15, -0.1) is 0 Å². The molecule has 0 fully saturated rings. The van der Waals surface area contributed by atoms with Crippen molar-refractivity contribution in [2.45, 2.75) is 123 Å². The van der Waals surface area contributed by atoms with Crippen LogP contribution in [0.2, 0.25) is 0 Å². The molecule has 0 aliphatic rings. The molecule has 0 saturated heterocycles. The summed E-state index contributed by atoms with van der Waals surface area (Å²) in [5.74, 6) is 1.31. The SMILES string of the molecule is CCC(C)(C)c1cc(C(C)CC(c2ccc(O)c(C(C)(C)CC)c2)c2ccc(O)c(C(C)(C)CC)c2)ccc1O. The number of hydrogen-bond acceptors (Lipinski definition) is 3. The first-order chi connectivity index (χ1) is 18.6. The van der Waals surface area contributed by atoms with Crippen molar-refractivity contribution in [1.82, 2.24) is 0 Å². The van der Waals surface area contributed by atoms with E-state index in [2.05, 4.69) is 106 Å². The van der Waals surface area contributed by atoms with E-state index in [9.17, 15) is 15.3 Å². The van der Waals surface area contributed by atoms with Gasteiger partial charge in [-0.2, -0.15) is 0 Å². The molecule has 218 valence electrons. The highest BCUT2D eigenvalue weighted by Gasteiger charge is 2.29. The number of hydrogen-bond donors (Lipinski definition) is 3. The zero-order valence-electron chi connectivity index (χ0n) is 26.5. The fourth-order valence-corrected chi connectivity index (χ4v) is 5.55. The molecule has 0 radical (unpaired) electrons. The van der Waals surface area contributed by atoms with E-state index in [0.717, 1.165) is 42.4 Å². The summed E-state index contributed by atoms with van der Waals surface area (Å²) in [6.07, 6.45) is 3.63. The fraction of sp³-hybridized carbons (Fsp3) is 0.514. The number of benzene rings is 3. The second kappa shape index (κ2) is 11.9. The molecule has 1 unspecified atom stereocenters. The number of aromatic hydroxyl groups is 3. The Bertz CT molecular complexity index is 1250. The van der Waals surface area contributed by atoms with Gasteiger partial charge in [0.15, 0.2) is 0 Å². The Hall–Kier alpha value is -2.94. The van der Waals surface area contributed by atoms with Crippen molar-refractivity contribution >= 4 is 0 Å². The molecular weight excluding hydrogens is 492 g/mol. The van der Waals surface area contributed by atoms with E-state index in [1.165, 1.54) is 16.7 Å². The van der Waals surface area contributed by atoms with Crippen molar-refractivity contribution in [1.29, 1.82) is 0 Å². The molecule has 1 atom stereocenters. The normalized spacial score (nSPS) is 13.6. The standard InChI is InChI=1S/C37H52O3/c1-11-35(5,6)29-21-25(14-17-32(29)38)24(4)20-28(26-15-18-33(39)30(22-26)36(7,8)12-2)27-16-19-34(40)31(23-27)37(9,10)13-3/h14-19,21-24,28,38-40H,11-13,20H2,1-10H3. The van der Waals surface area contributed by atoms with Crippen LogP contribution in [0.5, 0.6) is 17.2 Å². The predicted molar refractivity (Wildman–Crippen MR) is 169 cm³/mol. The molecule has 3 N–H and O–H groups in total. The zero-order chi connectivity index (χ0) is 30.0. The molecule has 3 nitrogen and oxygen atoms in total. The molecule has 40 heavy (non-hydrogen) atoms. The van der Waals surface area contributed by atoms with Crippen molar-refractivity contribution in [2.24, 2.45) is 0 Å². The van der Waals surface area contributed by atoms with E-state index < -0.39 is 0 Å². The van der Waals surface area contributed by atoms with E-state index in [0.29, 0.717) is 17.2 Å². The van der Waals surface area contributed by atoms with E-state index in [1.807, 2.05) is 18.2 Å². The third kappa shape index (κ3) is 6.51. The molecule has 0 spiro atoms. The monoisotopic (exact) mass is 544 g/mol. The maximum absolute atomic E-state index is 10.8. The smallest absolute Gasteiger partial charge is 0.119 e. The van der Waals surface area contributed by atoms with Gasteiger partial charge in [0.05, 0.1) is 0 Å². The van der Waals surface area contributed by atoms with E-state index in [-0.39, 0.29) is 28.1 Å². The van der Waals surface area contributed by atoms with Crippen LogP contribution in [0.1, 0.15) is 140 Å². The highest BCUT2D eigenvalue weighted by atomic mass is 16.3. The summed E-state index contributed by atoms with van der Waals surface area (Å²) >= 11 is 0. The van der Waals surface area contributed by atoms with Gasteiger partial charge in [0.2, 0.25) is 0 Å². The second-order valence-corrected chi connectivity index (χ2v) is 13.7. The van der Waals surface area contributed by atoms with Gasteiger partial charge in [-0.05, 0) is 99.4 Å². The van der Waals surface area contributed by atoms with Crippen LogP contribution in [0.4, 0.5) is 0 Å². The Kier molecular flexibility index (Phi) is 9.39. The Morgan fingerprint density at radius 2 is 0.825 bits per heavy atom. The van der Waals surface area contributed by atoms with E-state index >= 15 is 0 Å². The minimum Gasteiger partial charge on any atom is -0.508 e. The quantitative estimate of drug-likeness (QED) is 0.225. The summed E-state index contributed by atoms with van der Waals surface area (Å²) in [5, 5.41) is 32.4. The van der Waals surface area contributed by atoms with Crippen molar-refractivity contribution in [3.8, 4) is 17.2 Å². The average molecular weight is 545 g/mol. The molecule has 0 aromatic heterocycles. The molecule has 0 bridgehead atoms. The molecule has 3 rings (SSSR count). The van der Waals surface area contributed by atoms with Crippen LogP contribution in [-0.2, 0) is 16.2 Å². The van der Waals surface area contributed by atoms with E-state index in [1.54, 1.807) is 0 Å². The van der Waals surface area contributed by atoms with Crippen molar-refractivity contribution in [2.75, 3.05) is 0 Å². The minimum absolute atomic E-state index is 0.0606. The molecule has 3 aromatic rings.